The molecule has 8 aromatic rings. The van der Waals surface area contributed by atoms with Crippen molar-refractivity contribution in [2.45, 2.75) is 19.3 Å². The van der Waals surface area contributed by atoms with Crippen LogP contribution in [0.5, 0.6) is 0 Å². The standard InChI is InChI=1S/C47H32N4/c1-47(2)41-28-35(23-26-39(41)40-27-24-36(48-3)29-42(40)47)30-18-20-32(21-19-30)38-25-22-31-12-10-11-17-37(31)43(38)46-50-44(33-13-6-4-7-14-33)49-45(51-46)34-15-8-5-9-16-34/h4-29H,1-2H3. The maximum atomic E-state index is 7.53. The highest BCUT2D eigenvalue weighted by Gasteiger charge is 2.35. The molecular formula is C47H32N4. The number of fused-ring (bicyclic) bond motifs is 4. The second-order valence-electron chi connectivity index (χ2n) is 13.6. The molecule has 1 aliphatic rings. The van der Waals surface area contributed by atoms with Crippen LogP contribution in [-0.4, -0.2) is 15.0 Å². The fourth-order valence-electron chi connectivity index (χ4n) is 7.49. The van der Waals surface area contributed by atoms with E-state index in [1.807, 2.05) is 66.7 Å². The molecule has 51 heavy (non-hydrogen) atoms. The molecule has 0 radical (unpaired) electrons. The van der Waals surface area contributed by atoms with Gasteiger partial charge in [-0.2, -0.15) is 0 Å². The van der Waals surface area contributed by atoms with E-state index in [9.17, 15) is 0 Å². The van der Waals surface area contributed by atoms with Gasteiger partial charge < -0.3 is 0 Å². The van der Waals surface area contributed by atoms with Crippen molar-refractivity contribution in [3.8, 4) is 67.5 Å². The highest BCUT2D eigenvalue weighted by atomic mass is 15.0. The van der Waals surface area contributed by atoms with Gasteiger partial charge in [0.25, 0.3) is 0 Å². The number of rotatable bonds is 5. The molecule has 0 bridgehead atoms. The third kappa shape index (κ3) is 5.19. The van der Waals surface area contributed by atoms with Crippen LogP contribution in [0.1, 0.15) is 25.0 Å². The number of aromatic nitrogens is 3. The smallest absolute Gasteiger partial charge is 0.187 e. The van der Waals surface area contributed by atoms with Gasteiger partial charge in [0.15, 0.2) is 23.2 Å². The van der Waals surface area contributed by atoms with Gasteiger partial charge in [0.05, 0.1) is 6.57 Å². The first kappa shape index (κ1) is 30.4. The van der Waals surface area contributed by atoms with Crippen molar-refractivity contribution in [3.63, 3.8) is 0 Å². The molecule has 0 saturated carbocycles. The molecular weight excluding hydrogens is 621 g/mol. The average Bonchev–Trinajstić information content (AvgIpc) is 3.42. The van der Waals surface area contributed by atoms with Gasteiger partial charge in [0.2, 0.25) is 0 Å². The van der Waals surface area contributed by atoms with Crippen molar-refractivity contribution in [2.24, 2.45) is 0 Å². The minimum Gasteiger partial charge on any atom is -0.238 e. The molecule has 0 saturated heterocycles. The Kier molecular flexibility index (Phi) is 7.15. The summed E-state index contributed by atoms with van der Waals surface area (Å²) in [5, 5.41) is 2.21. The quantitative estimate of drug-likeness (QED) is 0.174. The Morgan fingerprint density at radius 1 is 0.451 bits per heavy atom. The predicted molar refractivity (Wildman–Crippen MR) is 208 cm³/mol. The SMILES string of the molecule is [C-]#[N+]c1ccc2c(c1)C(C)(C)c1cc(-c3ccc(-c4ccc5ccccc5c4-c4nc(-c5ccccc5)nc(-c5ccccc5)n4)cc3)ccc1-2. The van der Waals surface area contributed by atoms with E-state index in [0.29, 0.717) is 23.2 Å². The average molecular weight is 653 g/mol. The van der Waals surface area contributed by atoms with Crippen molar-refractivity contribution in [1.29, 1.82) is 0 Å². The van der Waals surface area contributed by atoms with E-state index in [2.05, 4.69) is 110 Å². The molecule has 0 atom stereocenters. The molecule has 0 amide bonds. The molecule has 0 unspecified atom stereocenters. The number of hydrogen-bond acceptors (Lipinski definition) is 3. The van der Waals surface area contributed by atoms with Gasteiger partial charge in [0, 0.05) is 22.1 Å². The van der Waals surface area contributed by atoms with E-state index in [1.54, 1.807) is 0 Å². The lowest BCUT2D eigenvalue weighted by Gasteiger charge is -2.22. The number of hydrogen-bond donors (Lipinski definition) is 0. The topological polar surface area (TPSA) is 43.0 Å². The Morgan fingerprint density at radius 2 is 0.980 bits per heavy atom. The van der Waals surface area contributed by atoms with Crippen molar-refractivity contribution < 1.29 is 0 Å². The molecule has 1 heterocycles. The third-order valence-electron chi connectivity index (χ3n) is 10.2. The van der Waals surface area contributed by atoms with Gasteiger partial charge >= 0.3 is 0 Å². The van der Waals surface area contributed by atoms with E-state index >= 15 is 0 Å². The van der Waals surface area contributed by atoms with E-state index < -0.39 is 0 Å². The molecule has 7 aromatic carbocycles. The summed E-state index contributed by atoms with van der Waals surface area (Å²) in [4.78, 5) is 18.9. The van der Waals surface area contributed by atoms with E-state index in [-0.39, 0.29) is 5.41 Å². The zero-order valence-corrected chi connectivity index (χ0v) is 28.3. The largest absolute Gasteiger partial charge is 0.238 e. The van der Waals surface area contributed by atoms with Crippen LogP contribution >= 0.6 is 0 Å². The van der Waals surface area contributed by atoms with Gasteiger partial charge in [-0.15, -0.1) is 0 Å². The number of benzene rings is 7. The van der Waals surface area contributed by atoms with Crippen LogP contribution < -0.4 is 0 Å². The van der Waals surface area contributed by atoms with E-state index in [0.717, 1.165) is 44.2 Å². The minimum atomic E-state index is -0.191. The first-order valence-electron chi connectivity index (χ1n) is 17.1. The van der Waals surface area contributed by atoms with Crippen molar-refractivity contribution in [3.05, 3.63) is 180 Å². The molecule has 0 fully saturated rings. The first-order valence-corrected chi connectivity index (χ1v) is 17.1. The summed E-state index contributed by atoms with van der Waals surface area (Å²) < 4.78 is 0. The fourth-order valence-corrected chi connectivity index (χ4v) is 7.49. The van der Waals surface area contributed by atoms with E-state index in [1.165, 1.54) is 27.8 Å². The number of nitrogens with zero attached hydrogens (tertiary/aromatic N) is 4. The maximum Gasteiger partial charge on any atom is 0.187 e. The van der Waals surface area contributed by atoms with Crippen molar-refractivity contribution in [1.82, 2.24) is 15.0 Å². The minimum absolute atomic E-state index is 0.191. The molecule has 0 spiro atoms. The van der Waals surface area contributed by atoms with Gasteiger partial charge in [0.1, 0.15) is 0 Å². The lowest BCUT2D eigenvalue weighted by atomic mass is 9.81. The van der Waals surface area contributed by atoms with Crippen LogP contribution in [0.2, 0.25) is 0 Å². The third-order valence-corrected chi connectivity index (χ3v) is 10.2. The monoisotopic (exact) mass is 652 g/mol. The highest BCUT2D eigenvalue weighted by Crippen LogP contribution is 2.50. The van der Waals surface area contributed by atoms with Crippen molar-refractivity contribution >= 4 is 16.5 Å². The Balaban J connectivity index is 1.17. The summed E-state index contributed by atoms with van der Waals surface area (Å²) in [5.41, 5.74) is 12.8. The second kappa shape index (κ2) is 12.0. The molecule has 4 heteroatoms. The van der Waals surface area contributed by atoms with Crippen LogP contribution in [0.15, 0.2) is 158 Å². The first-order chi connectivity index (χ1) is 25.0. The lowest BCUT2D eigenvalue weighted by molar-refractivity contribution is 0.661. The Hall–Kier alpha value is -6.70. The highest BCUT2D eigenvalue weighted by molar-refractivity contribution is 6.03. The normalized spacial score (nSPS) is 12.6. The Morgan fingerprint density at radius 3 is 1.65 bits per heavy atom. The Labute approximate surface area is 297 Å². The van der Waals surface area contributed by atoms with Gasteiger partial charge in [-0.25, -0.2) is 19.8 Å². The van der Waals surface area contributed by atoms with Gasteiger partial charge in [-0.1, -0.05) is 166 Å². The molecule has 0 aliphatic heterocycles. The molecule has 1 aromatic heterocycles. The summed E-state index contributed by atoms with van der Waals surface area (Å²) in [5.74, 6) is 1.92. The van der Waals surface area contributed by atoms with Crippen LogP contribution in [0.25, 0.3) is 83.2 Å². The van der Waals surface area contributed by atoms with Gasteiger partial charge in [-0.05, 0) is 61.3 Å². The van der Waals surface area contributed by atoms with Crippen LogP contribution in [0.4, 0.5) is 5.69 Å². The summed E-state index contributed by atoms with van der Waals surface area (Å²) >= 11 is 0. The van der Waals surface area contributed by atoms with E-state index in [4.69, 9.17) is 21.5 Å². The maximum absolute atomic E-state index is 7.53. The molecule has 240 valence electrons. The van der Waals surface area contributed by atoms with Crippen LogP contribution in [0, 0.1) is 6.57 Å². The second-order valence-corrected chi connectivity index (χ2v) is 13.6. The van der Waals surface area contributed by atoms with Gasteiger partial charge in [-0.3, -0.25) is 0 Å². The fraction of sp³-hybridized carbons (Fsp3) is 0.0638. The van der Waals surface area contributed by atoms with Crippen LogP contribution in [-0.2, 0) is 5.41 Å². The lowest BCUT2D eigenvalue weighted by Crippen LogP contribution is -2.14. The molecule has 9 rings (SSSR count). The summed E-state index contributed by atoms with van der Waals surface area (Å²) in [6.07, 6.45) is 0. The predicted octanol–water partition coefficient (Wildman–Crippen LogP) is 12.2. The summed E-state index contributed by atoms with van der Waals surface area (Å²) in [6.45, 7) is 12.0. The summed E-state index contributed by atoms with van der Waals surface area (Å²) in [7, 11) is 0. The summed E-state index contributed by atoms with van der Waals surface area (Å²) in [6, 6.07) is 54.7. The zero-order chi connectivity index (χ0) is 34.5. The zero-order valence-electron chi connectivity index (χ0n) is 28.3. The van der Waals surface area contributed by atoms with Crippen LogP contribution in [0.3, 0.4) is 0 Å². The van der Waals surface area contributed by atoms with Crippen molar-refractivity contribution in [2.75, 3.05) is 0 Å². The molecule has 0 N–H and O–H groups in total. The molecule has 4 nitrogen and oxygen atoms in total. The molecule has 1 aliphatic carbocycles. The Bertz CT molecular complexity index is 2600.